The molecule has 4 aromatic rings. The summed E-state index contributed by atoms with van der Waals surface area (Å²) in [4.78, 5) is 15.3. The molecule has 35 heavy (non-hydrogen) atoms. The van der Waals surface area contributed by atoms with E-state index in [2.05, 4.69) is 51.7 Å². The lowest BCUT2D eigenvalue weighted by Gasteiger charge is -2.15. The Labute approximate surface area is 205 Å². The fourth-order valence-electron chi connectivity index (χ4n) is 4.39. The monoisotopic (exact) mass is 472 g/mol. The third kappa shape index (κ3) is 6.51. The smallest absolute Gasteiger partial charge is 0.304 e. The second kappa shape index (κ2) is 12.2. The number of unbranched alkanes of at least 4 members (excludes halogenated alkanes) is 2. The summed E-state index contributed by atoms with van der Waals surface area (Å²) in [7, 11) is 0. The first-order chi connectivity index (χ1) is 17.2. The molecule has 1 atom stereocenters. The molecule has 0 spiro atoms. The molecule has 0 bridgehead atoms. The van der Waals surface area contributed by atoms with Crippen molar-refractivity contribution in [1.29, 1.82) is 0 Å². The normalized spacial score (nSPS) is 12.1. The number of carboxylic acids is 1. The maximum absolute atomic E-state index is 10.8. The van der Waals surface area contributed by atoms with Gasteiger partial charge in [-0.15, -0.1) is 10.2 Å². The SMILES string of the molecule is CCCCCC(Cc1nnc(-c2ccc(CNCCC(=O)O)c3ncccc23)o1)c1ccccc1. The van der Waals surface area contributed by atoms with Crippen molar-refractivity contribution >= 4 is 16.9 Å². The van der Waals surface area contributed by atoms with Crippen LogP contribution in [0.15, 0.2) is 65.2 Å². The van der Waals surface area contributed by atoms with Crippen LogP contribution in [0.2, 0.25) is 0 Å². The van der Waals surface area contributed by atoms with Crippen molar-refractivity contribution in [2.75, 3.05) is 6.54 Å². The van der Waals surface area contributed by atoms with Crippen LogP contribution in [0.4, 0.5) is 0 Å². The quantitative estimate of drug-likeness (QED) is 0.239. The van der Waals surface area contributed by atoms with E-state index in [0.29, 0.717) is 37.2 Å². The van der Waals surface area contributed by atoms with E-state index in [9.17, 15) is 4.79 Å². The highest BCUT2D eigenvalue weighted by Crippen LogP contribution is 2.31. The Hall–Kier alpha value is -3.58. The summed E-state index contributed by atoms with van der Waals surface area (Å²) >= 11 is 0. The molecule has 4 rings (SSSR count). The number of aromatic nitrogens is 3. The summed E-state index contributed by atoms with van der Waals surface area (Å²) in [5.41, 5.74) is 3.99. The van der Waals surface area contributed by atoms with Crippen LogP contribution >= 0.6 is 0 Å². The maximum Gasteiger partial charge on any atom is 0.304 e. The van der Waals surface area contributed by atoms with Gasteiger partial charge in [-0.1, -0.05) is 68.7 Å². The number of hydrogen-bond donors (Lipinski definition) is 2. The summed E-state index contributed by atoms with van der Waals surface area (Å²) in [6, 6.07) is 18.4. The number of nitrogens with one attached hydrogen (secondary N) is 1. The Balaban J connectivity index is 1.54. The van der Waals surface area contributed by atoms with Crippen molar-refractivity contribution in [2.24, 2.45) is 0 Å². The minimum atomic E-state index is -0.817. The predicted octanol–water partition coefficient (Wildman–Crippen LogP) is 5.76. The van der Waals surface area contributed by atoms with Gasteiger partial charge >= 0.3 is 5.97 Å². The molecule has 0 aliphatic heterocycles. The van der Waals surface area contributed by atoms with Crippen LogP contribution in [-0.4, -0.2) is 32.8 Å². The van der Waals surface area contributed by atoms with E-state index in [1.165, 1.54) is 24.8 Å². The maximum atomic E-state index is 10.8. The molecule has 0 amide bonds. The number of rotatable bonds is 13. The van der Waals surface area contributed by atoms with Crippen molar-refractivity contribution in [3.05, 3.63) is 77.8 Å². The number of fused-ring (bicyclic) bond motifs is 1. The number of nitrogens with zero attached hydrogens (tertiary/aromatic N) is 3. The molecule has 2 aromatic carbocycles. The average molecular weight is 473 g/mol. The zero-order valence-electron chi connectivity index (χ0n) is 20.1. The van der Waals surface area contributed by atoms with Crippen molar-refractivity contribution < 1.29 is 14.3 Å². The fourth-order valence-corrected chi connectivity index (χ4v) is 4.39. The molecule has 7 heteroatoms. The van der Waals surface area contributed by atoms with Crippen molar-refractivity contribution in [3.8, 4) is 11.5 Å². The molecular formula is C28H32N4O3. The number of carbonyl (C=O) groups is 1. The van der Waals surface area contributed by atoms with Crippen LogP contribution in [0.1, 0.15) is 62.0 Å². The van der Waals surface area contributed by atoms with Crippen LogP contribution in [0.5, 0.6) is 0 Å². The minimum absolute atomic E-state index is 0.0800. The Kier molecular flexibility index (Phi) is 8.57. The summed E-state index contributed by atoms with van der Waals surface area (Å²) in [6.45, 7) is 3.16. The molecule has 2 aromatic heterocycles. The minimum Gasteiger partial charge on any atom is -0.481 e. The Morgan fingerprint density at radius 3 is 2.71 bits per heavy atom. The predicted molar refractivity (Wildman–Crippen MR) is 136 cm³/mol. The molecule has 0 radical (unpaired) electrons. The third-order valence-electron chi connectivity index (χ3n) is 6.23. The molecular weight excluding hydrogens is 440 g/mol. The number of pyridine rings is 1. The van der Waals surface area contributed by atoms with Gasteiger partial charge in [-0.2, -0.15) is 0 Å². The van der Waals surface area contributed by atoms with E-state index in [-0.39, 0.29) is 6.42 Å². The molecule has 0 aliphatic rings. The van der Waals surface area contributed by atoms with Crippen molar-refractivity contribution in [3.63, 3.8) is 0 Å². The topological polar surface area (TPSA) is 101 Å². The molecule has 1 unspecified atom stereocenters. The highest BCUT2D eigenvalue weighted by Gasteiger charge is 2.19. The van der Waals surface area contributed by atoms with Gasteiger partial charge in [0.25, 0.3) is 0 Å². The van der Waals surface area contributed by atoms with Gasteiger partial charge in [-0.05, 0) is 35.6 Å². The van der Waals surface area contributed by atoms with E-state index >= 15 is 0 Å². The first-order valence-corrected chi connectivity index (χ1v) is 12.3. The van der Waals surface area contributed by atoms with Crippen LogP contribution in [0.25, 0.3) is 22.4 Å². The zero-order valence-corrected chi connectivity index (χ0v) is 20.1. The first kappa shape index (κ1) is 24.5. The second-order valence-corrected chi connectivity index (χ2v) is 8.80. The Morgan fingerprint density at radius 2 is 1.91 bits per heavy atom. The lowest BCUT2D eigenvalue weighted by Crippen LogP contribution is -2.17. The molecule has 0 aliphatic carbocycles. The van der Waals surface area contributed by atoms with Gasteiger partial charge in [0.15, 0.2) is 0 Å². The second-order valence-electron chi connectivity index (χ2n) is 8.80. The van der Waals surface area contributed by atoms with E-state index in [0.717, 1.165) is 28.5 Å². The number of hydrogen-bond acceptors (Lipinski definition) is 6. The molecule has 0 saturated heterocycles. The van der Waals surface area contributed by atoms with Gasteiger partial charge in [0.05, 0.1) is 11.9 Å². The Bertz CT molecular complexity index is 1240. The molecule has 0 fully saturated rings. The Morgan fingerprint density at radius 1 is 1.06 bits per heavy atom. The van der Waals surface area contributed by atoms with Crippen LogP contribution < -0.4 is 5.32 Å². The number of aliphatic carboxylic acids is 1. The molecule has 182 valence electrons. The molecule has 2 N–H and O–H groups in total. The van der Waals surface area contributed by atoms with Gasteiger partial charge in [0.1, 0.15) is 0 Å². The van der Waals surface area contributed by atoms with Crippen molar-refractivity contribution in [1.82, 2.24) is 20.5 Å². The zero-order chi connectivity index (χ0) is 24.5. The first-order valence-electron chi connectivity index (χ1n) is 12.3. The van der Waals surface area contributed by atoms with Crippen LogP contribution in [0, 0.1) is 0 Å². The number of benzene rings is 2. The lowest BCUT2D eigenvalue weighted by atomic mass is 9.90. The highest BCUT2D eigenvalue weighted by molar-refractivity contribution is 5.94. The lowest BCUT2D eigenvalue weighted by molar-refractivity contribution is -0.136. The summed E-state index contributed by atoms with van der Waals surface area (Å²) < 4.78 is 6.17. The van der Waals surface area contributed by atoms with E-state index < -0.39 is 5.97 Å². The fraction of sp³-hybridized carbons (Fsp3) is 0.357. The average Bonchev–Trinajstić information content (AvgIpc) is 3.35. The van der Waals surface area contributed by atoms with Gasteiger partial charge < -0.3 is 14.8 Å². The summed E-state index contributed by atoms with van der Waals surface area (Å²) in [5, 5.41) is 21.7. The highest BCUT2D eigenvalue weighted by atomic mass is 16.4. The molecule has 7 nitrogen and oxygen atoms in total. The van der Waals surface area contributed by atoms with Gasteiger partial charge in [0.2, 0.25) is 11.8 Å². The molecule has 2 heterocycles. The van der Waals surface area contributed by atoms with Gasteiger partial charge in [0, 0.05) is 36.7 Å². The van der Waals surface area contributed by atoms with Gasteiger partial charge in [-0.3, -0.25) is 9.78 Å². The third-order valence-corrected chi connectivity index (χ3v) is 6.23. The van der Waals surface area contributed by atoms with Gasteiger partial charge in [-0.25, -0.2) is 0 Å². The van der Waals surface area contributed by atoms with Crippen LogP contribution in [0.3, 0.4) is 0 Å². The van der Waals surface area contributed by atoms with E-state index in [4.69, 9.17) is 9.52 Å². The molecule has 0 saturated carbocycles. The van der Waals surface area contributed by atoms with E-state index in [1.54, 1.807) is 6.20 Å². The number of carboxylic acid groups (broad SMARTS) is 1. The summed E-state index contributed by atoms with van der Waals surface area (Å²) in [5.74, 6) is 0.655. The summed E-state index contributed by atoms with van der Waals surface area (Å²) in [6.07, 6.45) is 7.22. The largest absolute Gasteiger partial charge is 0.481 e. The van der Waals surface area contributed by atoms with E-state index in [1.807, 2.05) is 30.3 Å². The van der Waals surface area contributed by atoms with Crippen molar-refractivity contribution in [2.45, 2.75) is 57.9 Å². The standard InChI is InChI=1S/C28H32N4O3/c1-2-3-5-11-21(20-9-6-4-7-10-20)18-25-31-32-28(35-25)24-14-13-22(19-29-17-15-26(33)34)27-23(24)12-8-16-30-27/h4,6-10,12-14,16,21,29H,2-3,5,11,15,17-19H2,1H3,(H,33,34). The van der Waals surface area contributed by atoms with Crippen LogP contribution in [-0.2, 0) is 17.8 Å².